The van der Waals surface area contributed by atoms with E-state index in [4.69, 9.17) is 9.47 Å². The van der Waals surface area contributed by atoms with Crippen molar-refractivity contribution in [2.24, 2.45) is 0 Å². The van der Waals surface area contributed by atoms with Gasteiger partial charge in [0.05, 0.1) is 14.2 Å². The lowest BCUT2D eigenvalue weighted by Gasteiger charge is -2.07. The Kier molecular flexibility index (Phi) is 4.84. The Hall–Kier alpha value is -3.19. The zero-order chi connectivity index (χ0) is 18.6. The average Bonchev–Trinajstić information content (AvgIpc) is 3.28. The molecule has 2 heterocycles. The maximum atomic E-state index is 5.34. The van der Waals surface area contributed by atoms with Crippen LogP contribution in [0.5, 0.6) is 11.5 Å². The molecule has 136 valence electrons. The van der Waals surface area contributed by atoms with E-state index < -0.39 is 0 Å². The second-order valence-electron chi connectivity index (χ2n) is 5.86. The van der Waals surface area contributed by atoms with Crippen molar-refractivity contribution in [2.75, 3.05) is 14.2 Å². The van der Waals surface area contributed by atoms with E-state index in [1.54, 1.807) is 14.2 Å². The number of methoxy groups -OCH3 is 2. The molecule has 4 rings (SSSR count). The summed E-state index contributed by atoms with van der Waals surface area (Å²) >= 11 is 1.50. The van der Waals surface area contributed by atoms with Crippen LogP contribution in [0, 0.1) is 0 Å². The van der Waals surface area contributed by atoms with Crippen LogP contribution in [0.3, 0.4) is 0 Å². The molecule has 7 heteroatoms. The monoisotopic (exact) mass is 378 g/mol. The molecule has 0 aliphatic heterocycles. The third kappa shape index (κ3) is 3.68. The largest absolute Gasteiger partial charge is 0.493 e. The van der Waals surface area contributed by atoms with Crippen LogP contribution in [0.4, 0.5) is 0 Å². The zero-order valence-electron chi connectivity index (χ0n) is 15.0. The van der Waals surface area contributed by atoms with E-state index in [-0.39, 0.29) is 0 Å². The number of aromatic nitrogens is 4. The minimum absolute atomic E-state index is 0.697. The molecule has 0 spiro atoms. The molecule has 2 aromatic heterocycles. The summed E-state index contributed by atoms with van der Waals surface area (Å²) < 4.78 is 12.4. The van der Waals surface area contributed by atoms with Gasteiger partial charge in [0.25, 0.3) is 0 Å². The molecule has 2 aromatic carbocycles. The molecule has 0 aliphatic rings. The molecule has 27 heavy (non-hydrogen) atoms. The Balaban J connectivity index is 1.57. The smallest absolute Gasteiger partial charge is 0.234 e. The lowest BCUT2D eigenvalue weighted by atomic mass is 10.1. The van der Waals surface area contributed by atoms with Crippen LogP contribution in [0.25, 0.3) is 17.1 Å². The molecule has 0 radical (unpaired) electrons. The number of fused-ring (bicyclic) bond motifs is 1. The Labute approximate surface area is 160 Å². The third-order valence-corrected chi connectivity index (χ3v) is 4.97. The average molecular weight is 378 g/mol. The van der Waals surface area contributed by atoms with Crippen molar-refractivity contribution < 1.29 is 9.47 Å². The fourth-order valence-corrected chi connectivity index (χ4v) is 3.51. The van der Waals surface area contributed by atoms with Crippen LogP contribution in [0.2, 0.25) is 0 Å². The molecule has 0 saturated heterocycles. The van der Waals surface area contributed by atoms with E-state index in [2.05, 4.69) is 27.4 Å². The second kappa shape index (κ2) is 7.59. The third-order valence-electron chi connectivity index (χ3n) is 4.10. The van der Waals surface area contributed by atoms with Gasteiger partial charge in [0, 0.05) is 6.42 Å². The molecule has 0 amide bonds. The molecule has 0 atom stereocenters. The van der Waals surface area contributed by atoms with E-state index in [0.29, 0.717) is 17.9 Å². The minimum Gasteiger partial charge on any atom is -0.493 e. The predicted molar refractivity (Wildman–Crippen MR) is 106 cm³/mol. The van der Waals surface area contributed by atoms with Gasteiger partial charge >= 0.3 is 0 Å². The highest BCUT2D eigenvalue weighted by atomic mass is 32.1. The molecule has 0 N–H and O–H groups in total. The Morgan fingerprint density at radius 1 is 0.963 bits per heavy atom. The molecule has 0 aliphatic carbocycles. The first-order valence-electron chi connectivity index (χ1n) is 8.42. The lowest BCUT2D eigenvalue weighted by molar-refractivity contribution is 0.355. The summed E-state index contributed by atoms with van der Waals surface area (Å²) in [4.78, 5) is 0.785. The van der Waals surface area contributed by atoms with Crippen molar-refractivity contribution in [2.45, 2.75) is 6.42 Å². The number of rotatable bonds is 6. The van der Waals surface area contributed by atoms with Gasteiger partial charge in [-0.3, -0.25) is 0 Å². The second-order valence-corrected chi connectivity index (χ2v) is 6.85. The van der Waals surface area contributed by atoms with Crippen molar-refractivity contribution in [3.63, 3.8) is 0 Å². The van der Waals surface area contributed by atoms with Crippen LogP contribution in [-0.2, 0) is 6.42 Å². The Morgan fingerprint density at radius 3 is 2.56 bits per heavy atom. The Bertz CT molecular complexity index is 1090. The van der Waals surface area contributed by atoms with Crippen molar-refractivity contribution in [1.82, 2.24) is 19.8 Å². The lowest BCUT2D eigenvalue weighted by Crippen LogP contribution is -1.97. The molecular weight excluding hydrogens is 360 g/mol. The van der Waals surface area contributed by atoms with Crippen LogP contribution >= 0.6 is 11.3 Å². The van der Waals surface area contributed by atoms with Crippen molar-refractivity contribution in [3.8, 4) is 11.5 Å². The Morgan fingerprint density at radius 2 is 1.78 bits per heavy atom. The van der Waals surface area contributed by atoms with Gasteiger partial charge in [0.15, 0.2) is 17.3 Å². The fraction of sp³-hybridized carbons (Fsp3) is 0.150. The van der Waals surface area contributed by atoms with Crippen molar-refractivity contribution in [1.29, 1.82) is 0 Å². The number of hydrogen-bond donors (Lipinski definition) is 0. The van der Waals surface area contributed by atoms with Crippen molar-refractivity contribution >= 4 is 28.4 Å². The molecule has 0 fully saturated rings. The van der Waals surface area contributed by atoms with Gasteiger partial charge in [-0.15, -0.1) is 10.2 Å². The van der Waals surface area contributed by atoms with E-state index in [1.165, 1.54) is 16.9 Å². The first-order valence-corrected chi connectivity index (χ1v) is 9.23. The summed E-state index contributed by atoms with van der Waals surface area (Å²) in [7, 11) is 3.25. The molecule has 0 unspecified atom stereocenters. The van der Waals surface area contributed by atoms with Crippen LogP contribution < -0.4 is 9.47 Å². The van der Waals surface area contributed by atoms with Gasteiger partial charge in [-0.05, 0) is 29.3 Å². The van der Waals surface area contributed by atoms with E-state index >= 15 is 0 Å². The maximum absolute atomic E-state index is 5.34. The van der Waals surface area contributed by atoms with Gasteiger partial charge in [-0.25, -0.2) is 0 Å². The number of ether oxygens (including phenoxy) is 2. The van der Waals surface area contributed by atoms with E-state index in [0.717, 1.165) is 21.4 Å². The summed E-state index contributed by atoms with van der Waals surface area (Å²) in [5.74, 6) is 2.24. The van der Waals surface area contributed by atoms with Crippen LogP contribution in [0.15, 0.2) is 48.5 Å². The predicted octanol–water partition coefficient (Wildman–Crippen LogP) is 3.96. The van der Waals surface area contributed by atoms with Crippen LogP contribution in [0.1, 0.15) is 22.0 Å². The van der Waals surface area contributed by atoms with Crippen molar-refractivity contribution in [3.05, 3.63) is 70.5 Å². The standard InChI is InChI=1S/C20H18N4O2S/c1-25-16-10-8-15(12-17(16)26-2)9-11-19-23-24-18(21-22-20(24)27-19)13-14-6-4-3-5-7-14/h3-12H,13H2,1-2H3. The quantitative estimate of drug-likeness (QED) is 0.508. The van der Waals surface area contributed by atoms with Gasteiger partial charge in [0.2, 0.25) is 4.96 Å². The molecule has 4 aromatic rings. The minimum atomic E-state index is 0.697. The summed E-state index contributed by atoms with van der Waals surface area (Å²) in [6.45, 7) is 0. The zero-order valence-corrected chi connectivity index (χ0v) is 15.8. The maximum Gasteiger partial charge on any atom is 0.234 e. The van der Waals surface area contributed by atoms with E-state index in [9.17, 15) is 0 Å². The summed E-state index contributed by atoms with van der Waals surface area (Å²) in [6.07, 6.45) is 4.65. The highest BCUT2D eigenvalue weighted by Gasteiger charge is 2.11. The van der Waals surface area contributed by atoms with Gasteiger partial charge in [-0.2, -0.15) is 9.61 Å². The first kappa shape index (κ1) is 17.2. The van der Waals surface area contributed by atoms with Gasteiger partial charge < -0.3 is 9.47 Å². The van der Waals surface area contributed by atoms with Crippen LogP contribution in [-0.4, -0.2) is 34.0 Å². The fourth-order valence-electron chi connectivity index (χ4n) is 2.75. The van der Waals surface area contributed by atoms with Gasteiger partial charge in [-0.1, -0.05) is 53.8 Å². The molecule has 6 nitrogen and oxygen atoms in total. The van der Waals surface area contributed by atoms with E-state index in [1.807, 2.05) is 53.1 Å². The molecular formula is C20H18N4O2S. The summed E-state index contributed by atoms with van der Waals surface area (Å²) in [5.41, 5.74) is 2.19. The normalized spacial score (nSPS) is 11.3. The molecule has 0 bridgehead atoms. The number of hydrogen-bond acceptors (Lipinski definition) is 6. The molecule has 0 saturated carbocycles. The SMILES string of the molecule is COc1ccc(C=Cc2nn3c(Cc4ccccc4)nnc3s2)cc1OC. The summed E-state index contributed by atoms with van der Waals surface area (Å²) in [6, 6.07) is 16.0. The summed E-state index contributed by atoms with van der Waals surface area (Å²) in [5, 5.41) is 14.0. The number of nitrogens with zero attached hydrogens (tertiary/aromatic N) is 4. The highest BCUT2D eigenvalue weighted by molar-refractivity contribution is 7.17. The highest BCUT2D eigenvalue weighted by Crippen LogP contribution is 2.28. The number of benzene rings is 2. The topological polar surface area (TPSA) is 61.5 Å². The first-order chi connectivity index (χ1) is 13.3. The van der Waals surface area contributed by atoms with Gasteiger partial charge in [0.1, 0.15) is 5.01 Å².